The molecular formula is C22H25N5O2. The van der Waals surface area contributed by atoms with Crippen LogP contribution in [-0.4, -0.2) is 26.8 Å². The average Bonchev–Trinajstić information content (AvgIpc) is 3.05. The molecule has 0 saturated heterocycles. The smallest absolute Gasteiger partial charge is 0.278 e. The molecule has 7 heteroatoms. The largest absolute Gasteiger partial charge is 0.350 e. The summed E-state index contributed by atoms with van der Waals surface area (Å²) in [6, 6.07) is 13.7. The predicted molar refractivity (Wildman–Crippen MR) is 112 cm³/mol. The molecule has 0 spiro atoms. The van der Waals surface area contributed by atoms with Crippen molar-refractivity contribution in [3.8, 4) is 0 Å². The van der Waals surface area contributed by atoms with E-state index in [1.54, 1.807) is 6.92 Å². The average molecular weight is 391 g/mol. The minimum absolute atomic E-state index is 0.00144. The Morgan fingerprint density at radius 3 is 2.45 bits per heavy atom. The van der Waals surface area contributed by atoms with Crippen molar-refractivity contribution in [1.82, 2.24) is 20.3 Å². The molecular weight excluding hydrogens is 366 g/mol. The van der Waals surface area contributed by atoms with Crippen molar-refractivity contribution in [3.05, 3.63) is 76.1 Å². The van der Waals surface area contributed by atoms with Gasteiger partial charge in [-0.1, -0.05) is 47.2 Å². The SMILES string of the molecule is Cc1ccc(CNC(=O)Cn2nnc(C(=O)Nc3cccc(C)c3C)c2C)cc1. The number of anilines is 1. The van der Waals surface area contributed by atoms with Crippen molar-refractivity contribution in [2.45, 2.75) is 40.8 Å². The zero-order chi connectivity index (χ0) is 21.0. The number of nitrogens with one attached hydrogen (secondary N) is 2. The van der Waals surface area contributed by atoms with Crippen molar-refractivity contribution in [1.29, 1.82) is 0 Å². The van der Waals surface area contributed by atoms with E-state index in [0.29, 0.717) is 12.2 Å². The van der Waals surface area contributed by atoms with Gasteiger partial charge in [0.2, 0.25) is 5.91 Å². The first-order chi connectivity index (χ1) is 13.8. The number of rotatable bonds is 6. The predicted octanol–water partition coefficient (Wildman–Crippen LogP) is 3.08. The lowest BCUT2D eigenvalue weighted by molar-refractivity contribution is -0.122. The number of aromatic nitrogens is 3. The monoisotopic (exact) mass is 391 g/mol. The van der Waals surface area contributed by atoms with Crippen LogP contribution in [0.3, 0.4) is 0 Å². The molecule has 3 aromatic rings. The zero-order valence-electron chi connectivity index (χ0n) is 17.1. The highest BCUT2D eigenvalue weighted by Crippen LogP contribution is 2.19. The van der Waals surface area contributed by atoms with Gasteiger partial charge in [0.25, 0.3) is 5.91 Å². The summed E-state index contributed by atoms with van der Waals surface area (Å²) in [6.07, 6.45) is 0. The summed E-state index contributed by atoms with van der Waals surface area (Å²) < 4.78 is 1.43. The van der Waals surface area contributed by atoms with Crippen LogP contribution in [0.25, 0.3) is 0 Å². The number of hydrogen-bond acceptors (Lipinski definition) is 4. The summed E-state index contributed by atoms with van der Waals surface area (Å²) in [5.74, 6) is -0.539. The Labute approximate surface area is 170 Å². The molecule has 150 valence electrons. The van der Waals surface area contributed by atoms with Gasteiger partial charge in [-0.25, -0.2) is 4.68 Å². The Kier molecular flexibility index (Phi) is 6.07. The highest BCUT2D eigenvalue weighted by atomic mass is 16.2. The number of benzene rings is 2. The molecule has 0 atom stereocenters. The van der Waals surface area contributed by atoms with Gasteiger partial charge in [0.15, 0.2) is 5.69 Å². The van der Waals surface area contributed by atoms with Crippen LogP contribution in [0.4, 0.5) is 5.69 Å². The van der Waals surface area contributed by atoms with Gasteiger partial charge < -0.3 is 10.6 Å². The van der Waals surface area contributed by atoms with Crippen LogP contribution in [0.2, 0.25) is 0 Å². The van der Waals surface area contributed by atoms with Gasteiger partial charge >= 0.3 is 0 Å². The maximum atomic E-state index is 12.6. The molecule has 7 nitrogen and oxygen atoms in total. The second-order valence-corrected chi connectivity index (χ2v) is 7.15. The fourth-order valence-electron chi connectivity index (χ4n) is 2.89. The van der Waals surface area contributed by atoms with E-state index in [1.807, 2.05) is 63.2 Å². The van der Waals surface area contributed by atoms with Crippen molar-refractivity contribution in [2.24, 2.45) is 0 Å². The number of carbonyl (C=O) groups is 2. The summed E-state index contributed by atoms with van der Waals surface area (Å²) in [4.78, 5) is 24.9. The van der Waals surface area contributed by atoms with Crippen LogP contribution in [0, 0.1) is 27.7 Å². The van der Waals surface area contributed by atoms with E-state index in [0.717, 1.165) is 22.4 Å². The third-order valence-electron chi connectivity index (χ3n) is 4.95. The molecule has 29 heavy (non-hydrogen) atoms. The Hall–Kier alpha value is -3.48. The first kappa shape index (κ1) is 20.3. The maximum absolute atomic E-state index is 12.6. The van der Waals surface area contributed by atoms with Crippen molar-refractivity contribution < 1.29 is 9.59 Å². The summed E-state index contributed by atoms with van der Waals surface area (Å²) in [7, 11) is 0. The van der Waals surface area contributed by atoms with Crippen LogP contribution in [0.1, 0.15) is 38.4 Å². The van der Waals surface area contributed by atoms with Gasteiger partial charge in [0.05, 0.1) is 5.69 Å². The van der Waals surface area contributed by atoms with Crippen LogP contribution >= 0.6 is 0 Å². The molecule has 1 aromatic heterocycles. The normalized spacial score (nSPS) is 10.6. The van der Waals surface area contributed by atoms with E-state index >= 15 is 0 Å². The molecule has 0 unspecified atom stereocenters. The Balaban J connectivity index is 1.62. The van der Waals surface area contributed by atoms with Gasteiger partial charge in [-0.15, -0.1) is 5.10 Å². The molecule has 0 aliphatic carbocycles. The maximum Gasteiger partial charge on any atom is 0.278 e. The molecule has 2 amide bonds. The summed E-state index contributed by atoms with van der Waals surface area (Å²) >= 11 is 0. The van der Waals surface area contributed by atoms with E-state index in [4.69, 9.17) is 0 Å². The second-order valence-electron chi connectivity index (χ2n) is 7.15. The highest BCUT2D eigenvalue weighted by molar-refractivity contribution is 6.04. The first-order valence-corrected chi connectivity index (χ1v) is 9.45. The molecule has 0 fully saturated rings. The van der Waals surface area contributed by atoms with Gasteiger partial charge in [-0.3, -0.25) is 9.59 Å². The first-order valence-electron chi connectivity index (χ1n) is 9.45. The van der Waals surface area contributed by atoms with Crippen molar-refractivity contribution in [2.75, 3.05) is 5.32 Å². The number of carbonyl (C=O) groups excluding carboxylic acids is 2. The molecule has 0 bridgehead atoms. The number of aryl methyl sites for hydroxylation is 2. The molecule has 0 radical (unpaired) electrons. The third kappa shape index (κ3) is 4.87. The summed E-state index contributed by atoms with van der Waals surface area (Å²) in [5, 5.41) is 13.7. The fourth-order valence-corrected chi connectivity index (χ4v) is 2.89. The van der Waals surface area contributed by atoms with Gasteiger partial charge in [0.1, 0.15) is 6.54 Å². The minimum Gasteiger partial charge on any atom is -0.350 e. The summed E-state index contributed by atoms with van der Waals surface area (Å²) in [6.45, 7) is 8.12. The van der Waals surface area contributed by atoms with E-state index in [-0.39, 0.29) is 24.1 Å². The number of amides is 2. The van der Waals surface area contributed by atoms with Crippen LogP contribution in [0.15, 0.2) is 42.5 Å². The van der Waals surface area contributed by atoms with Crippen molar-refractivity contribution >= 4 is 17.5 Å². The van der Waals surface area contributed by atoms with Crippen LogP contribution in [-0.2, 0) is 17.9 Å². The lowest BCUT2D eigenvalue weighted by atomic mass is 10.1. The molecule has 3 rings (SSSR count). The lowest BCUT2D eigenvalue weighted by Crippen LogP contribution is -2.28. The number of hydrogen-bond donors (Lipinski definition) is 2. The lowest BCUT2D eigenvalue weighted by Gasteiger charge is -2.10. The quantitative estimate of drug-likeness (QED) is 0.676. The minimum atomic E-state index is -0.345. The standard InChI is InChI=1S/C22H25N5O2/c1-14-8-10-18(11-9-14)12-23-20(28)13-27-17(4)21(25-26-27)22(29)24-19-7-5-6-15(2)16(19)3/h5-11H,12-13H2,1-4H3,(H,23,28)(H,24,29). The van der Waals surface area contributed by atoms with Gasteiger partial charge in [0, 0.05) is 12.2 Å². The van der Waals surface area contributed by atoms with E-state index in [9.17, 15) is 9.59 Å². The molecule has 0 aliphatic rings. The molecule has 0 saturated carbocycles. The van der Waals surface area contributed by atoms with E-state index < -0.39 is 0 Å². The van der Waals surface area contributed by atoms with E-state index in [1.165, 1.54) is 10.2 Å². The number of nitrogens with zero attached hydrogens (tertiary/aromatic N) is 3. The Morgan fingerprint density at radius 1 is 1.00 bits per heavy atom. The van der Waals surface area contributed by atoms with Crippen LogP contribution in [0.5, 0.6) is 0 Å². The fraction of sp³-hybridized carbons (Fsp3) is 0.273. The molecule has 0 aliphatic heterocycles. The molecule has 2 aromatic carbocycles. The Morgan fingerprint density at radius 2 is 1.72 bits per heavy atom. The second kappa shape index (κ2) is 8.68. The van der Waals surface area contributed by atoms with Crippen LogP contribution < -0.4 is 10.6 Å². The molecule has 1 heterocycles. The molecule has 2 N–H and O–H groups in total. The third-order valence-corrected chi connectivity index (χ3v) is 4.95. The van der Waals surface area contributed by atoms with E-state index in [2.05, 4.69) is 20.9 Å². The van der Waals surface area contributed by atoms with Gasteiger partial charge in [-0.05, 0) is 50.5 Å². The zero-order valence-corrected chi connectivity index (χ0v) is 17.1. The summed E-state index contributed by atoms with van der Waals surface area (Å²) in [5.41, 5.74) is 5.77. The topological polar surface area (TPSA) is 88.9 Å². The van der Waals surface area contributed by atoms with Crippen molar-refractivity contribution in [3.63, 3.8) is 0 Å². The van der Waals surface area contributed by atoms with Gasteiger partial charge in [-0.2, -0.15) is 0 Å². The highest BCUT2D eigenvalue weighted by Gasteiger charge is 2.18. The Bertz CT molecular complexity index is 1040.